The SMILES string of the molecule is CO/N=C/C(C)c1cccc(C(=O)c2ccccc2)c1. The molecule has 0 N–H and O–H groups in total. The highest BCUT2D eigenvalue weighted by molar-refractivity contribution is 6.09. The first-order chi connectivity index (χ1) is 9.72. The molecule has 20 heavy (non-hydrogen) atoms. The molecule has 2 aromatic carbocycles. The molecule has 1 unspecified atom stereocenters. The number of rotatable bonds is 5. The van der Waals surface area contributed by atoms with E-state index in [0.717, 1.165) is 5.56 Å². The first kappa shape index (κ1) is 14.0. The number of oxime groups is 1. The molecule has 0 amide bonds. The van der Waals surface area contributed by atoms with Gasteiger partial charge < -0.3 is 4.84 Å². The Bertz CT molecular complexity index is 605. The fraction of sp³-hybridized carbons (Fsp3) is 0.176. The molecule has 0 spiro atoms. The van der Waals surface area contributed by atoms with Crippen LogP contribution in [0.5, 0.6) is 0 Å². The Morgan fingerprint density at radius 3 is 2.50 bits per heavy atom. The van der Waals surface area contributed by atoms with Crippen LogP contribution in [0.4, 0.5) is 0 Å². The van der Waals surface area contributed by atoms with Crippen molar-refractivity contribution in [2.24, 2.45) is 5.16 Å². The summed E-state index contributed by atoms with van der Waals surface area (Å²) in [6.07, 6.45) is 1.71. The van der Waals surface area contributed by atoms with E-state index in [1.54, 1.807) is 6.21 Å². The molecule has 2 aromatic rings. The fourth-order valence-electron chi connectivity index (χ4n) is 1.96. The van der Waals surface area contributed by atoms with Gasteiger partial charge in [-0.1, -0.05) is 60.6 Å². The van der Waals surface area contributed by atoms with E-state index in [9.17, 15) is 4.79 Å². The Hall–Kier alpha value is -2.42. The van der Waals surface area contributed by atoms with Crippen molar-refractivity contribution >= 4 is 12.0 Å². The lowest BCUT2D eigenvalue weighted by molar-refractivity contribution is 0.103. The number of carbonyl (C=O) groups is 1. The summed E-state index contributed by atoms with van der Waals surface area (Å²) in [5.41, 5.74) is 2.42. The number of ketones is 1. The predicted molar refractivity (Wildman–Crippen MR) is 80.2 cm³/mol. The quantitative estimate of drug-likeness (QED) is 0.471. The van der Waals surface area contributed by atoms with E-state index >= 15 is 0 Å². The van der Waals surface area contributed by atoms with Gasteiger partial charge in [-0.15, -0.1) is 0 Å². The zero-order valence-corrected chi connectivity index (χ0v) is 11.6. The van der Waals surface area contributed by atoms with Gasteiger partial charge in [0.25, 0.3) is 0 Å². The molecule has 2 rings (SSSR count). The molecule has 0 bridgehead atoms. The number of carbonyl (C=O) groups excluding carboxylic acids is 1. The van der Waals surface area contributed by atoms with Crippen molar-refractivity contribution in [2.45, 2.75) is 12.8 Å². The molecule has 0 aliphatic rings. The van der Waals surface area contributed by atoms with E-state index in [1.165, 1.54) is 7.11 Å². The van der Waals surface area contributed by atoms with E-state index < -0.39 is 0 Å². The summed E-state index contributed by atoms with van der Waals surface area (Å²) in [4.78, 5) is 17.1. The van der Waals surface area contributed by atoms with Gasteiger partial charge in [0.15, 0.2) is 5.78 Å². The molecule has 0 fully saturated rings. The van der Waals surface area contributed by atoms with Gasteiger partial charge in [0.1, 0.15) is 7.11 Å². The maximum atomic E-state index is 12.4. The minimum absolute atomic E-state index is 0.0309. The third kappa shape index (κ3) is 3.32. The van der Waals surface area contributed by atoms with Gasteiger partial charge in [0.05, 0.1) is 6.21 Å². The minimum Gasteiger partial charge on any atom is -0.399 e. The molecule has 0 saturated carbocycles. The predicted octanol–water partition coefficient (Wildman–Crippen LogP) is 3.65. The minimum atomic E-state index is 0.0309. The average Bonchev–Trinajstić information content (AvgIpc) is 2.52. The normalized spacial score (nSPS) is 12.3. The third-order valence-corrected chi connectivity index (χ3v) is 3.10. The molecule has 102 valence electrons. The second-order valence-corrected chi connectivity index (χ2v) is 4.55. The van der Waals surface area contributed by atoms with E-state index in [1.807, 2.05) is 61.5 Å². The highest BCUT2D eigenvalue weighted by Crippen LogP contribution is 2.17. The van der Waals surface area contributed by atoms with Crippen LogP contribution in [0.25, 0.3) is 0 Å². The fourth-order valence-corrected chi connectivity index (χ4v) is 1.96. The van der Waals surface area contributed by atoms with E-state index in [-0.39, 0.29) is 11.7 Å². The van der Waals surface area contributed by atoms with Crippen molar-refractivity contribution in [1.82, 2.24) is 0 Å². The average molecular weight is 267 g/mol. The van der Waals surface area contributed by atoms with Crippen molar-refractivity contribution in [2.75, 3.05) is 7.11 Å². The van der Waals surface area contributed by atoms with Crippen LogP contribution < -0.4 is 0 Å². The number of benzene rings is 2. The van der Waals surface area contributed by atoms with Gasteiger partial charge in [0.2, 0.25) is 0 Å². The lowest BCUT2D eigenvalue weighted by Crippen LogP contribution is -2.03. The van der Waals surface area contributed by atoms with Crippen LogP contribution in [-0.4, -0.2) is 19.1 Å². The molecule has 1 atom stereocenters. The Morgan fingerprint density at radius 1 is 1.10 bits per heavy atom. The van der Waals surface area contributed by atoms with Crippen molar-refractivity contribution in [3.05, 3.63) is 71.3 Å². The zero-order valence-electron chi connectivity index (χ0n) is 11.6. The second kappa shape index (κ2) is 6.66. The first-order valence-electron chi connectivity index (χ1n) is 6.48. The van der Waals surface area contributed by atoms with Crippen LogP contribution in [0.3, 0.4) is 0 Å². The van der Waals surface area contributed by atoms with Crippen LogP contribution >= 0.6 is 0 Å². The summed E-state index contributed by atoms with van der Waals surface area (Å²) in [7, 11) is 1.51. The first-order valence-corrected chi connectivity index (χ1v) is 6.48. The molecule has 0 aromatic heterocycles. The molecule has 0 heterocycles. The second-order valence-electron chi connectivity index (χ2n) is 4.55. The lowest BCUT2D eigenvalue weighted by Gasteiger charge is -2.08. The lowest BCUT2D eigenvalue weighted by atomic mass is 9.96. The van der Waals surface area contributed by atoms with Crippen molar-refractivity contribution < 1.29 is 9.63 Å². The summed E-state index contributed by atoms with van der Waals surface area (Å²) >= 11 is 0. The van der Waals surface area contributed by atoms with Gasteiger partial charge in [-0.25, -0.2) is 0 Å². The molecule has 0 aliphatic heterocycles. The molecular weight excluding hydrogens is 250 g/mol. The molecule has 0 radical (unpaired) electrons. The summed E-state index contributed by atoms with van der Waals surface area (Å²) in [5, 5.41) is 3.77. The number of hydrogen-bond acceptors (Lipinski definition) is 3. The number of hydrogen-bond donors (Lipinski definition) is 0. The van der Waals surface area contributed by atoms with Gasteiger partial charge in [-0.05, 0) is 11.6 Å². The zero-order chi connectivity index (χ0) is 14.4. The van der Waals surface area contributed by atoms with Gasteiger partial charge in [0, 0.05) is 17.0 Å². The smallest absolute Gasteiger partial charge is 0.193 e. The highest BCUT2D eigenvalue weighted by Gasteiger charge is 2.10. The van der Waals surface area contributed by atoms with Crippen LogP contribution in [0.1, 0.15) is 34.3 Å². The van der Waals surface area contributed by atoms with Crippen molar-refractivity contribution in [1.29, 1.82) is 0 Å². The largest absolute Gasteiger partial charge is 0.399 e. The monoisotopic (exact) mass is 267 g/mol. The highest BCUT2D eigenvalue weighted by atomic mass is 16.6. The van der Waals surface area contributed by atoms with Gasteiger partial charge in [-0.2, -0.15) is 0 Å². The topological polar surface area (TPSA) is 38.7 Å². The molecule has 0 saturated heterocycles. The molecule has 0 aliphatic carbocycles. The van der Waals surface area contributed by atoms with Crippen LogP contribution in [0.2, 0.25) is 0 Å². The van der Waals surface area contributed by atoms with Crippen LogP contribution in [-0.2, 0) is 4.84 Å². The number of nitrogens with zero attached hydrogens (tertiary/aromatic N) is 1. The molecule has 3 heteroatoms. The Labute approximate surface area is 118 Å². The maximum absolute atomic E-state index is 12.4. The molecule has 3 nitrogen and oxygen atoms in total. The Kier molecular flexibility index (Phi) is 4.66. The van der Waals surface area contributed by atoms with Crippen molar-refractivity contribution in [3.63, 3.8) is 0 Å². The van der Waals surface area contributed by atoms with Crippen LogP contribution in [0.15, 0.2) is 59.8 Å². The summed E-state index contributed by atoms with van der Waals surface area (Å²) in [5.74, 6) is 0.127. The summed E-state index contributed by atoms with van der Waals surface area (Å²) in [6.45, 7) is 2.01. The van der Waals surface area contributed by atoms with Gasteiger partial charge in [-0.3, -0.25) is 4.79 Å². The Morgan fingerprint density at radius 2 is 1.80 bits per heavy atom. The van der Waals surface area contributed by atoms with E-state index in [2.05, 4.69) is 9.99 Å². The van der Waals surface area contributed by atoms with Gasteiger partial charge >= 0.3 is 0 Å². The van der Waals surface area contributed by atoms with E-state index in [0.29, 0.717) is 11.1 Å². The van der Waals surface area contributed by atoms with E-state index in [4.69, 9.17) is 0 Å². The maximum Gasteiger partial charge on any atom is 0.193 e. The summed E-state index contributed by atoms with van der Waals surface area (Å²) in [6, 6.07) is 16.9. The van der Waals surface area contributed by atoms with Crippen molar-refractivity contribution in [3.8, 4) is 0 Å². The molecular formula is C17H17NO2. The third-order valence-electron chi connectivity index (χ3n) is 3.10. The van der Waals surface area contributed by atoms with Crippen LogP contribution in [0, 0.1) is 0 Å². The summed E-state index contributed by atoms with van der Waals surface area (Å²) < 4.78 is 0. The standard InChI is InChI=1S/C17H17NO2/c1-13(12-18-20-2)15-9-6-10-16(11-15)17(19)14-7-4-3-5-8-14/h3-13H,1-2H3/b18-12+. The Balaban J connectivity index is 2.26.